The van der Waals surface area contributed by atoms with Crippen molar-refractivity contribution in [3.05, 3.63) is 29.8 Å². The summed E-state index contributed by atoms with van der Waals surface area (Å²) in [6.07, 6.45) is 6.17. The van der Waals surface area contributed by atoms with Gasteiger partial charge in [0.15, 0.2) is 0 Å². The molecule has 3 rings (SSSR count). The Balaban J connectivity index is 1.65. The third-order valence-corrected chi connectivity index (χ3v) is 5.60. The van der Waals surface area contributed by atoms with Gasteiger partial charge in [-0.15, -0.1) is 0 Å². The summed E-state index contributed by atoms with van der Waals surface area (Å²) in [7, 11) is 0. The average Bonchev–Trinajstić information content (AvgIpc) is 2.56. The summed E-state index contributed by atoms with van der Waals surface area (Å²) in [5, 5.41) is 0. The van der Waals surface area contributed by atoms with E-state index in [0.717, 1.165) is 25.9 Å². The zero-order chi connectivity index (χ0) is 15.6. The van der Waals surface area contributed by atoms with Crippen LogP contribution in [0.25, 0.3) is 0 Å². The Hall–Kier alpha value is -1.06. The van der Waals surface area contributed by atoms with Gasteiger partial charge in [0, 0.05) is 43.4 Å². The third kappa shape index (κ3) is 3.31. The number of rotatable bonds is 3. The minimum absolute atomic E-state index is 0.0763. The highest BCUT2D eigenvalue weighted by atomic mass is 15.3. The largest absolute Gasteiger partial charge is 0.369 e. The molecule has 0 bridgehead atoms. The Bertz CT molecular complexity index is 466. The van der Waals surface area contributed by atoms with Crippen LogP contribution in [0.4, 0.5) is 5.69 Å². The molecule has 0 aromatic heterocycles. The van der Waals surface area contributed by atoms with Crippen molar-refractivity contribution in [1.82, 2.24) is 4.90 Å². The number of hydrogen-bond donors (Lipinski definition) is 1. The van der Waals surface area contributed by atoms with Gasteiger partial charge in [-0.2, -0.15) is 0 Å². The summed E-state index contributed by atoms with van der Waals surface area (Å²) in [5.74, 6) is 0. The van der Waals surface area contributed by atoms with E-state index in [0.29, 0.717) is 6.04 Å². The number of piperazine rings is 1. The molecule has 3 nitrogen and oxygen atoms in total. The highest BCUT2D eigenvalue weighted by molar-refractivity contribution is 5.49. The minimum Gasteiger partial charge on any atom is -0.369 e. The molecule has 0 amide bonds. The quantitative estimate of drug-likeness (QED) is 0.929. The van der Waals surface area contributed by atoms with Gasteiger partial charge < -0.3 is 10.6 Å². The van der Waals surface area contributed by atoms with Crippen LogP contribution < -0.4 is 10.6 Å². The van der Waals surface area contributed by atoms with Crippen molar-refractivity contribution < 1.29 is 0 Å². The number of anilines is 1. The molecule has 0 spiro atoms. The van der Waals surface area contributed by atoms with Gasteiger partial charge in [-0.3, -0.25) is 4.90 Å². The van der Waals surface area contributed by atoms with Gasteiger partial charge in [-0.1, -0.05) is 31.4 Å². The molecule has 2 N–H and O–H groups in total. The van der Waals surface area contributed by atoms with E-state index in [-0.39, 0.29) is 5.54 Å². The van der Waals surface area contributed by atoms with Crippen LogP contribution >= 0.6 is 0 Å². The van der Waals surface area contributed by atoms with Crippen molar-refractivity contribution in [2.75, 3.05) is 31.1 Å². The van der Waals surface area contributed by atoms with E-state index >= 15 is 0 Å². The lowest BCUT2D eigenvalue weighted by Crippen LogP contribution is -2.48. The first kappa shape index (κ1) is 15.8. The van der Waals surface area contributed by atoms with E-state index in [1.54, 1.807) is 0 Å². The van der Waals surface area contributed by atoms with Crippen LogP contribution in [-0.2, 0) is 5.54 Å². The molecule has 1 saturated carbocycles. The van der Waals surface area contributed by atoms with Crippen LogP contribution in [0, 0.1) is 0 Å². The zero-order valence-electron chi connectivity index (χ0n) is 14.2. The van der Waals surface area contributed by atoms with Crippen molar-refractivity contribution in [3.63, 3.8) is 0 Å². The third-order valence-electron chi connectivity index (χ3n) is 5.60. The van der Waals surface area contributed by atoms with Gasteiger partial charge in [-0.25, -0.2) is 0 Å². The molecule has 22 heavy (non-hydrogen) atoms. The number of benzene rings is 1. The van der Waals surface area contributed by atoms with Crippen molar-refractivity contribution in [2.45, 2.75) is 57.5 Å². The van der Waals surface area contributed by atoms with Crippen molar-refractivity contribution in [1.29, 1.82) is 0 Å². The summed E-state index contributed by atoms with van der Waals surface area (Å²) in [5.41, 5.74) is 9.25. The van der Waals surface area contributed by atoms with Crippen LogP contribution in [0.15, 0.2) is 24.3 Å². The summed E-state index contributed by atoms with van der Waals surface area (Å²) < 4.78 is 0. The Morgan fingerprint density at radius 1 is 0.909 bits per heavy atom. The SMILES string of the molecule is CC(C)N1CCN(c2ccc(C3(N)CCCCC3)cc2)CC1. The molecule has 1 aromatic carbocycles. The van der Waals surface area contributed by atoms with Gasteiger partial charge in [-0.05, 0) is 44.4 Å². The number of hydrogen-bond acceptors (Lipinski definition) is 3. The predicted octanol–water partition coefficient (Wildman–Crippen LogP) is 3.34. The van der Waals surface area contributed by atoms with Gasteiger partial charge in [0.25, 0.3) is 0 Å². The summed E-state index contributed by atoms with van der Waals surface area (Å²) >= 11 is 0. The smallest absolute Gasteiger partial charge is 0.0409 e. The van der Waals surface area contributed by atoms with E-state index in [4.69, 9.17) is 5.73 Å². The van der Waals surface area contributed by atoms with E-state index in [2.05, 4.69) is 47.9 Å². The van der Waals surface area contributed by atoms with Crippen LogP contribution in [0.1, 0.15) is 51.5 Å². The number of nitrogens with zero attached hydrogens (tertiary/aromatic N) is 2. The minimum atomic E-state index is -0.0763. The van der Waals surface area contributed by atoms with E-state index < -0.39 is 0 Å². The van der Waals surface area contributed by atoms with Crippen LogP contribution in [0.2, 0.25) is 0 Å². The Labute approximate surface area is 135 Å². The molecule has 122 valence electrons. The molecule has 1 heterocycles. The summed E-state index contributed by atoms with van der Waals surface area (Å²) in [6.45, 7) is 9.17. The molecule has 1 aliphatic heterocycles. The lowest BCUT2D eigenvalue weighted by molar-refractivity contribution is 0.209. The fourth-order valence-corrected chi connectivity index (χ4v) is 3.97. The van der Waals surface area contributed by atoms with Gasteiger partial charge in [0.1, 0.15) is 0 Å². The second kappa shape index (κ2) is 6.59. The molecule has 0 radical (unpaired) electrons. The first-order valence-corrected chi connectivity index (χ1v) is 8.97. The molecule has 2 aliphatic rings. The molecule has 1 saturated heterocycles. The van der Waals surface area contributed by atoms with E-state index in [9.17, 15) is 0 Å². The topological polar surface area (TPSA) is 32.5 Å². The van der Waals surface area contributed by atoms with Crippen molar-refractivity contribution in [3.8, 4) is 0 Å². The highest BCUT2D eigenvalue weighted by Crippen LogP contribution is 2.35. The second-order valence-electron chi connectivity index (χ2n) is 7.38. The van der Waals surface area contributed by atoms with Crippen molar-refractivity contribution >= 4 is 5.69 Å². The van der Waals surface area contributed by atoms with Crippen LogP contribution in [0.5, 0.6) is 0 Å². The first-order valence-electron chi connectivity index (χ1n) is 8.97. The molecule has 1 aliphatic carbocycles. The maximum Gasteiger partial charge on any atom is 0.0409 e. The highest BCUT2D eigenvalue weighted by Gasteiger charge is 2.29. The normalized spacial score (nSPS) is 23.0. The van der Waals surface area contributed by atoms with Crippen LogP contribution in [0.3, 0.4) is 0 Å². The molecular formula is C19H31N3. The first-order chi connectivity index (χ1) is 10.6. The molecular weight excluding hydrogens is 270 g/mol. The second-order valence-corrected chi connectivity index (χ2v) is 7.38. The van der Waals surface area contributed by atoms with E-state index in [1.807, 2.05) is 0 Å². The van der Waals surface area contributed by atoms with Gasteiger partial charge in [0.2, 0.25) is 0 Å². The predicted molar refractivity (Wildman–Crippen MR) is 94.3 cm³/mol. The lowest BCUT2D eigenvalue weighted by Gasteiger charge is -2.38. The maximum atomic E-state index is 6.64. The molecule has 3 heteroatoms. The average molecular weight is 301 g/mol. The van der Waals surface area contributed by atoms with Gasteiger partial charge >= 0.3 is 0 Å². The van der Waals surface area contributed by atoms with Crippen LogP contribution in [-0.4, -0.2) is 37.1 Å². The fraction of sp³-hybridized carbons (Fsp3) is 0.684. The Morgan fingerprint density at radius 3 is 2.05 bits per heavy atom. The molecule has 1 aromatic rings. The Kier molecular flexibility index (Phi) is 4.74. The fourth-order valence-electron chi connectivity index (χ4n) is 3.97. The zero-order valence-corrected chi connectivity index (χ0v) is 14.2. The number of nitrogens with two attached hydrogens (primary N) is 1. The summed E-state index contributed by atoms with van der Waals surface area (Å²) in [4.78, 5) is 5.06. The Morgan fingerprint density at radius 2 is 1.50 bits per heavy atom. The lowest BCUT2D eigenvalue weighted by atomic mass is 9.77. The molecule has 0 atom stereocenters. The standard InChI is InChI=1S/C19H31N3/c1-16(2)21-12-14-22(15-13-21)18-8-6-17(7-9-18)19(20)10-4-3-5-11-19/h6-9,16H,3-5,10-15,20H2,1-2H3. The molecule has 2 fully saturated rings. The van der Waals surface area contributed by atoms with Gasteiger partial charge in [0.05, 0.1) is 0 Å². The molecule has 0 unspecified atom stereocenters. The van der Waals surface area contributed by atoms with Crippen molar-refractivity contribution in [2.24, 2.45) is 5.73 Å². The van der Waals surface area contributed by atoms with E-state index in [1.165, 1.54) is 43.6 Å². The monoisotopic (exact) mass is 301 g/mol. The maximum absolute atomic E-state index is 6.64. The summed E-state index contributed by atoms with van der Waals surface area (Å²) in [6, 6.07) is 9.77.